The van der Waals surface area contributed by atoms with Crippen molar-refractivity contribution in [3.05, 3.63) is 46.5 Å². The van der Waals surface area contributed by atoms with Crippen LogP contribution in [0.2, 0.25) is 10.0 Å². The van der Waals surface area contributed by atoms with E-state index in [4.69, 9.17) is 57.4 Å². The van der Waals surface area contributed by atoms with Gasteiger partial charge in [0.2, 0.25) is 0 Å². The Bertz CT molecular complexity index is 1180. The molecule has 0 saturated heterocycles. The molecule has 3 aromatic rings. The quantitative estimate of drug-likeness (QED) is 0.114. The van der Waals surface area contributed by atoms with Gasteiger partial charge in [0.05, 0.1) is 86.4 Å². The standard InChI is InChI=1S/C26H33Cl2FN4O6/c1-2-34-3-4-35-5-6-36-7-8-37-9-10-38-11-12-39-25-16-23-18(13-22(25)30)26(32-17-31-23)33-24-15-20(28)19(27)14-21(24)29/h13-17H,2-12,30H2,1H3,(H,31,32,33). The summed E-state index contributed by atoms with van der Waals surface area (Å²) >= 11 is 11.9. The third-order valence-corrected chi connectivity index (χ3v) is 5.93. The molecule has 3 rings (SSSR count). The number of nitrogens with two attached hydrogens (primary N) is 1. The molecule has 1 aromatic heterocycles. The normalized spacial score (nSPS) is 11.3. The first-order valence-corrected chi connectivity index (χ1v) is 13.2. The topological polar surface area (TPSA) is 119 Å². The van der Waals surface area contributed by atoms with Crippen molar-refractivity contribution < 1.29 is 32.8 Å². The maximum Gasteiger partial charge on any atom is 0.148 e. The van der Waals surface area contributed by atoms with Gasteiger partial charge in [-0.05, 0) is 25.1 Å². The molecule has 0 bridgehead atoms. The van der Waals surface area contributed by atoms with E-state index in [0.717, 1.165) is 6.07 Å². The van der Waals surface area contributed by atoms with Crippen LogP contribution in [0.15, 0.2) is 30.6 Å². The van der Waals surface area contributed by atoms with Gasteiger partial charge in [-0.25, -0.2) is 14.4 Å². The van der Waals surface area contributed by atoms with Crippen LogP contribution in [0.5, 0.6) is 5.75 Å². The van der Waals surface area contributed by atoms with E-state index in [-0.39, 0.29) is 22.3 Å². The van der Waals surface area contributed by atoms with Crippen LogP contribution in [0, 0.1) is 5.82 Å². The summed E-state index contributed by atoms with van der Waals surface area (Å²) < 4.78 is 47.0. The lowest BCUT2D eigenvalue weighted by Crippen LogP contribution is -2.14. The second kappa shape index (κ2) is 17.2. The zero-order valence-electron chi connectivity index (χ0n) is 21.7. The number of hydrogen-bond donors (Lipinski definition) is 2. The highest BCUT2D eigenvalue weighted by Gasteiger charge is 2.13. The number of aromatic nitrogens is 2. The first-order chi connectivity index (χ1) is 19.0. The first kappa shape index (κ1) is 31.0. The predicted molar refractivity (Wildman–Crippen MR) is 149 cm³/mol. The first-order valence-electron chi connectivity index (χ1n) is 12.5. The van der Waals surface area contributed by atoms with E-state index < -0.39 is 5.82 Å². The van der Waals surface area contributed by atoms with Crippen LogP contribution >= 0.6 is 23.2 Å². The molecule has 0 saturated carbocycles. The molecular formula is C26H33Cl2FN4O6. The number of fused-ring (bicyclic) bond motifs is 1. The minimum atomic E-state index is -0.572. The Balaban J connectivity index is 1.34. The Morgan fingerprint density at radius 1 is 0.769 bits per heavy atom. The SMILES string of the molecule is CCOCCOCCOCCOCCOCCOc1cc2ncnc(Nc3cc(Cl)c(Cl)cc3F)c2cc1N. The van der Waals surface area contributed by atoms with Gasteiger partial charge in [-0.3, -0.25) is 0 Å². The molecule has 13 heteroatoms. The summed E-state index contributed by atoms with van der Waals surface area (Å²) in [6.07, 6.45) is 1.35. The number of nitrogens with one attached hydrogen (secondary N) is 1. The Kier molecular flexibility index (Phi) is 13.7. The molecule has 214 valence electrons. The van der Waals surface area contributed by atoms with Crippen molar-refractivity contribution >= 4 is 51.3 Å². The van der Waals surface area contributed by atoms with E-state index in [1.165, 1.54) is 12.4 Å². The van der Waals surface area contributed by atoms with Crippen LogP contribution in [-0.2, 0) is 23.7 Å². The number of rotatable bonds is 19. The third-order valence-electron chi connectivity index (χ3n) is 5.21. The molecule has 0 atom stereocenters. The second-order valence-electron chi connectivity index (χ2n) is 8.00. The number of halogens is 3. The summed E-state index contributed by atoms with van der Waals surface area (Å²) in [7, 11) is 0. The summed E-state index contributed by atoms with van der Waals surface area (Å²) in [6, 6.07) is 5.86. The third kappa shape index (κ3) is 10.5. The van der Waals surface area contributed by atoms with Gasteiger partial charge < -0.3 is 39.5 Å². The van der Waals surface area contributed by atoms with E-state index in [1.807, 2.05) is 6.92 Å². The minimum absolute atomic E-state index is 0.117. The van der Waals surface area contributed by atoms with E-state index in [0.29, 0.717) is 94.2 Å². The molecule has 0 aliphatic rings. The maximum absolute atomic E-state index is 14.3. The fraction of sp³-hybridized carbons (Fsp3) is 0.462. The minimum Gasteiger partial charge on any atom is -0.489 e. The molecule has 0 amide bonds. The zero-order chi connectivity index (χ0) is 27.9. The van der Waals surface area contributed by atoms with Crippen molar-refractivity contribution in [2.75, 3.05) is 83.7 Å². The Labute approximate surface area is 236 Å². The Hall–Kier alpha value is -2.51. The highest BCUT2D eigenvalue weighted by Crippen LogP contribution is 2.34. The van der Waals surface area contributed by atoms with Crippen LogP contribution in [-0.4, -0.2) is 82.6 Å². The second-order valence-corrected chi connectivity index (χ2v) is 8.81. The zero-order valence-corrected chi connectivity index (χ0v) is 23.2. The molecule has 0 fully saturated rings. The van der Waals surface area contributed by atoms with Crippen LogP contribution in [0.1, 0.15) is 6.92 Å². The van der Waals surface area contributed by atoms with Crippen LogP contribution in [0.25, 0.3) is 10.9 Å². The lowest BCUT2D eigenvalue weighted by atomic mass is 10.2. The molecule has 0 unspecified atom stereocenters. The van der Waals surface area contributed by atoms with E-state index in [2.05, 4.69) is 15.3 Å². The number of nitrogens with zero attached hydrogens (tertiary/aromatic N) is 2. The molecule has 0 aliphatic carbocycles. The van der Waals surface area contributed by atoms with Crippen LogP contribution in [0.3, 0.4) is 0 Å². The highest BCUT2D eigenvalue weighted by atomic mass is 35.5. The largest absolute Gasteiger partial charge is 0.489 e. The molecule has 1 heterocycles. The molecule has 0 radical (unpaired) electrons. The molecule has 0 aliphatic heterocycles. The van der Waals surface area contributed by atoms with Crippen molar-refractivity contribution in [3.8, 4) is 5.75 Å². The maximum atomic E-state index is 14.3. The van der Waals surface area contributed by atoms with Gasteiger partial charge in [-0.2, -0.15) is 0 Å². The fourth-order valence-electron chi connectivity index (χ4n) is 3.31. The summed E-state index contributed by atoms with van der Waals surface area (Å²) in [5.74, 6) is 0.236. The molecular weight excluding hydrogens is 554 g/mol. The van der Waals surface area contributed by atoms with Gasteiger partial charge >= 0.3 is 0 Å². The number of anilines is 3. The van der Waals surface area contributed by atoms with Crippen LogP contribution in [0.4, 0.5) is 21.6 Å². The summed E-state index contributed by atoms with van der Waals surface area (Å²) in [6.45, 7) is 7.31. The number of benzene rings is 2. The van der Waals surface area contributed by atoms with E-state index >= 15 is 0 Å². The number of ether oxygens (including phenoxy) is 6. The summed E-state index contributed by atoms with van der Waals surface area (Å²) in [5.41, 5.74) is 7.24. The van der Waals surface area contributed by atoms with Crippen molar-refractivity contribution in [1.82, 2.24) is 9.97 Å². The highest BCUT2D eigenvalue weighted by molar-refractivity contribution is 6.42. The molecule has 3 N–H and O–H groups in total. The average Bonchev–Trinajstić information content (AvgIpc) is 2.92. The van der Waals surface area contributed by atoms with Gasteiger partial charge in [0, 0.05) is 18.1 Å². The van der Waals surface area contributed by atoms with E-state index in [1.54, 1.807) is 12.1 Å². The van der Waals surface area contributed by atoms with Crippen molar-refractivity contribution in [1.29, 1.82) is 0 Å². The van der Waals surface area contributed by atoms with E-state index in [9.17, 15) is 4.39 Å². The lowest BCUT2D eigenvalue weighted by Gasteiger charge is -2.13. The summed E-state index contributed by atoms with van der Waals surface area (Å²) in [5, 5.41) is 3.83. The molecule has 10 nitrogen and oxygen atoms in total. The molecule has 39 heavy (non-hydrogen) atoms. The lowest BCUT2D eigenvalue weighted by molar-refractivity contribution is -0.0119. The van der Waals surface area contributed by atoms with Gasteiger partial charge in [0.25, 0.3) is 0 Å². The molecule has 2 aromatic carbocycles. The van der Waals surface area contributed by atoms with Gasteiger partial charge in [0.15, 0.2) is 0 Å². The summed E-state index contributed by atoms with van der Waals surface area (Å²) in [4.78, 5) is 8.47. The predicted octanol–water partition coefficient (Wildman–Crippen LogP) is 4.88. The van der Waals surface area contributed by atoms with Crippen LogP contribution < -0.4 is 15.8 Å². The van der Waals surface area contributed by atoms with Crippen molar-refractivity contribution in [2.45, 2.75) is 6.92 Å². The van der Waals surface area contributed by atoms with Gasteiger partial charge in [-0.1, -0.05) is 23.2 Å². The Morgan fingerprint density at radius 2 is 1.33 bits per heavy atom. The number of nitrogen functional groups attached to an aromatic ring is 1. The average molecular weight is 587 g/mol. The number of hydrogen-bond acceptors (Lipinski definition) is 10. The van der Waals surface area contributed by atoms with Crippen molar-refractivity contribution in [2.24, 2.45) is 0 Å². The fourth-order valence-corrected chi connectivity index (χ4v) is 3.62. The smallest absolute Gasteiger partial charge is 0.148 e. The Morgan fingerprint density at radius 3 is 1.95 bits per heavy atom. The van der Waals surface area contributed by atoms with Gasteiger partial charge in [0.1, 0.15) is 30.3 Å². The molecule has 0 spiro atoms. The van der Waals surface area contributed by atoms with Crippen molar-refractivity contribution in [3.63, 3.8) is 0 Å². The monoisotopic (exact) mass is 586 g/mol. The van der Waals surface area contributed by atoms with Gasteiger partial charge in [-0.15, -0.1) is 0 Å².